The number of aliphatic imine (C=N–C) groups is 1. The van der Waals surface area contributed by atoms with Crippen molar-refractivity contribution in [1.82, 2.24) is 15.6 Å². The molecule has 0 bridgehead atoms. The standard InChI is InChI=1S/C20H32N4O/c1-4-21-20(22-12-6-7-14-25-5-2)23-13-11-17-15-24-18-10-8-9-16(3)19(17)18/h8-10,15,24H,4-7,11-14H2,1-3H3,(H2,21,22,23). The molecule has 0 radical (unpaired) electrons. The molecule has 2 aromatic rings. The van der Waals surface area contributed by atoms with E-state index in [1.807, 2.05) is 6.92 Å². The Labute approximate surface area is 151 Å². The van der Waals surface area contributed by atoms with Gasteiger partial charge in [0, 0.05) is 49.9 Å². The first-order chi connectivity index (χ1) is 12.3. The molecule has 25 heavy (non-hydrogen) atoms. The number of guanidine groups is 1. The fourth-order valence-corrected chi connectivity index (χ4v) is 2.96. The van der Waals surface area contributed by atoms with Crippen molar-refractivity contribution < 1.29 is 4.74 Å². The summed E-state index contributed by atoms with van der Waals surface area (Å²) in [4.78, 5) is 8.01. The zero-order valence-corrected chi connectivity index (χ0v) is 15.8. The number of aryl methyl sites for hydroxylation is 1. The average molecular weight is 345 g/mol. The van der Waals surface area contributed by atoms with Gasteiger partial charge in [-0.05, 0) is 57.2 Å². The van der Waals surface area contributed by atoms with E-state index in [1.165, 1.54) is 22.0 Å². The summed E-state index contributed by atoms with van der Waals surface area (Å²) in [7, 11) is 0. The Morgan fingerprint density at radius 2 is 2.08 bits per heavy atom. The van der Waals surface area contributed by atoms with Crippen LogP contribution >= 0.6 is 0 Å². The first kappa shape index (κ1) is 19.3. The first-order valence-electron chi connectivity index (χ1n) is 9.41. The molecule has 138 valence electrons. The van der Waals surface area contributed by atoms with Crippen LogP contribution in [0.2, 0.25) is 0 Å². The number of nitrogens with one attached hydrogen (secondary N) is 3. The Bertz CT molecular complexity index is 663. The molecule has 3 N–H and O–H groups in total. The van der Waals surface area contributed by atoms with Gasteiger partial charge in [-0.3, -0.25) is 4.99 Å². The Hall–Kier alpha value is -2.01. The third kappa shape index (κ3) is 6.09. The van der Waals surface area contributed by atoms with Crippen LogP contribution in [-0.2, 0) is 11.2 Å². The number of aromatic amines is 1. The smallest absolute Gasteiger partial charge is 0.191 e. The average Bonchev–Trinajstić information content (AvgIpc) is 3.02. The minimum absolute atomic E-state index is 0.792. The summed E-state index contributed by atoms with van der Waals surface area (Å²) in [6.07, 6.45) is 5.21. The first-order valence-corrected chi connectivity index (χ1v) is 9.41. The van der Waals surface area contributed by atoms with Gasteiger partial charge in [-0.1, -0.05) is 12.1 Å². The maximum atomic E-state index is 5.36. The van der Waals surface area contributed by atoms with Crippen LogP contribution in [0.25, 0.3) is 10.9 Å². The quantitative estimate of drug-likeness (QED) is 0.352. The second-order valence-electron chi connectivity index (χ2n) is 6.15. The maximum absolute atomic E-state index is 5.36. The van der Waals surface area contributed by atoms with Crippen molar-refractivity contribution >= 4 is 16.9 Å². The summed E-state index contributed by atoms with van der Waals surface area (Å²) >= 11 is 0. The van der Waals surface area contributed by atoms with E-state index in [0.717, 1.165) is 58.1 Å². The van der Waals surface area contributed by atoms with Crippen molar-refractivity contribution in [2.45, 2.75) is 40.0 Å². The second-order valence-corrected chi connectivity index (χ2v) is 6.15. The monoisotopic (exact) mass is 344 g/mol. The molecule has 2 rings (SSSR count). The highest BCUT2D eigenvalue weighted by atomic mass is 16.5. The van der Waals surface area contributed by atoms with Gasteiger partial charge in [0.05, 0.1) is 0 Å². The van der Waals surface area contributed by atoms with Gasteiger partial charge in [0.2, 0.25) is 0 Å². The van der Waals surface area contributed by atoms with Gasteiger partial charge in [-0.15, -0.1) is 0 Å². The molecule has 0 aliphatic heterocycles. The molecule has 0 spiro atoms. The molecule has 0 amide bonds. The van der Waals surface area contributed by atoms with Crippen molar-refractivity contribution in [2.75, 3.05) is 32.8 Å². The van der Waals surface area contributed by atoms with Crippen molar-refractivity contribution in [3.05, 3.63) is 35.5 Å². The van der Waals surface area contributed by atoms with Crippen molar-refractivity contribution in [3.8, 4) is 0 Å². The molecule has 5 nitrogen and oxygen atoms in total. The van der Waals surface area contributed by atoms with Crippen molar-refractivity contribution in [1.29, 1.82) is 0 Å². The number of ether oxygens (including phenoxy) is 1. The van der Waals surface area contributed by atoms with E-state index in [2.05, 4.69) is 58.9 Å². The molecule has 0 saturated heterocycles. The van der Waals surface area contributed by atoms with Gasteiger partial charge in [-0.2, -0.15) is 0 Å². The number of hydrogen-bond acceptors (Lipinski definition) is 2. The fourth-order valence-electron chi connectivity index (χ4n) is 2.96. The number of rotatable bonds is 10. The van der Waals surface area contributed by atoms with Gasteiger partial charge < -0.3 is 20.4 Å². The highest BCUT2D eigenvalue weighted by molar-refractivity contribution is 5.86. The zero-order chi connectivity index (χ0) is 17.9. The molecule has 0 saturated carbocycles. The van der Waals surface area contributed by atoms with Crippen LogP contribution in [0.3, 0.4) is 0 Å². The highest BCUT2D eigenvalue weighted by Crippen LogP contribution is 2.22. The van der Waals surface area contributed by atoms with E-state index >= 15 is 0 Å². The number of fused-ring (bicyclic) bond motifs is 1. The van der Waals surface area contributed by atoms with E-state index in [9.17, 15) is 0 Å². The van der Waals surface area contributed by atoms with Crippen LogP contribution in [-0.4, -0.2) is 43.8 Å². The number of H-pyrrole nitrogens is 1. The molecule has 1 aromatic heterocycles. The summed E-state index contributed by atoms with van der Waals surface area (Å²) in [5.74, 6) is 0.899. The Kier molecular flexibility index (Phi) is 8.32. The third-order valence-corrected chi connectivity index (χ3v) is 4.20. The predicted molar refractivity (Wildman–Crippen MR) is 106 cm³/mol. The molecule has 0 fully saturated rings. The molecule has 0 unspecified atom stereocenters. The zero-order valence-electron chi connectivity index (χ0n) is 15.8. The van der Waals surface area contributed by atoms with E-state index in [-0.39, 0.29) is 0 Å². The summed E-state index contributed by atoms with van der Waals surface area (Å²) in [5.41, 5.74) is 3.89. The molecule has 1 heterocycles. The Morgan fingerprint density at radius 1 is 1.20 bits per heavy atom. The molecule has 0 aliphatic rings. The van der Waals surface area contributed by atoms with E-state index < -0.39 is 0 Å². The van der Waals surface area contributed by atoms with Crippen LogP contribution in [0.4, 0.5) is 0 Å². The predicted octanol–water partition coefficient (Wildman–Crippen LogP) is 3.39. The number of aromatic nitrogens is 1. The second kappa shape index (κ2) is 10.8. The molecule has 0 atom stereocenters. The Morgan fingerprint density at radius 3 is 2.88 bits per heavy atom. The Balaban J connectivity index is 1.82. The number of nitrogens with zero attached hydrogens (tertiary/aromatic N) is 1. The van der Waals surface area contributed by atoms with Crippen LogP contribution in [0.5, 0.6) is 0 Å². The summed E-state index contributed by atoms with van der Waals surface area (Å²) in [6.45, 7) is 10.5. The lowest BCUT2D eigenvalue weighted by atomic mass is 10.1. The van der Waals surface area contributed by atoms with Crippen LogP contribution < -0.4 is 10.6 Å². The fraction of sp³-hybridized carbons (Fsp3) is 0.550. The maximum Gasteiger partial charge on any atom is 0.191 e. The number of benzene rings is 1. The number of unbranched alkanes of at least 4 members (excludes halogenated alkanes) is 1. The normalized spacial score (nSPS) is 11.9. The highest BCUT2D eigenvalue weighted by Gasteiger charge is 2.06. The molecule has 5 heteroatoms. The SMILES string of the molecule is CCNC(=NCCCCOCC)NCCc1c[nH]c2cccc(C)c12. The summed E-state index contributed by atoms with van der Waals surface area (Å²) in [6, 6.07) is 6.39. The lowest BCUT2D eigenvalue weighted by Crippen LogP contribution is -2.38. The molecular weight excluding hydrogens is 312 g/mol. The van der Waals surface area contributed by atoms with Gasteiger partial charge >= 0.3 is 0 Å². The molecule has 0 aliphatic carbocycles. The molecule has 1 aromatic carbocycles. The lowest BCUT2D eigenvalue weighted by Gasteiger charge is -2.11. The van der Waals surface area contributed by atoms with Gasteiger partial charge in [-0.25, -0.2) is 0 Å². The minimum atomic E-state index is 0.792. The van der Waals surface area contributed by atoms with Gasteiger partial charge in [0.15, 0.2) is 5.96 Å². The van der Waals surface area contributed by atoms with Crippen LogP contribution in [0.1, 0.15) is 37.8 Å². The number of hydrogen-bond donors (Lipinski definition) is 3. The third-order valence-electron chi connectivity index (χ3n) is 4.20. The molecular formula is C20H32N4O. The van der Waals surface area contributed by atoms with E-state index in [4.69, 9.17) is 4.74 Å². The van der Waals surface area contributed by atoms with Crippen molar-refractivity contribution in [2.24, 2.45) is 4.99 Å². The van der Waals surface area contributed by atoms with Gasteiger partial charge in [0.1, 0.15) is 0 Å². The lowest BCUT2D eigenvalue weighted by molar-refractivity contribution is 0.144. The summed E-state index contributed by atoms with van der Waals surface area (Å²) < 4.78 is 5.36. The minimum Gasteiger partial charge on any atom is -0.382 e. The van der Waals surface area contributed by atoms with E-state index in [1.54, 1.807) is 0 Å². The van der Waals surface area contributed by atoms with E-state index in [0.29, 0.717) is 0 Å². The largest absolute Gasteiger partial charge is 0.382 e. The van der Waals surface area contributed by atoms with Crippen LogP contribution in [0, 0.1) is 6.92 Å². The topological polar surface area (TPSA) is 61.4 Å². The van der Waals surface area contributed by atoms with Gasteiger partial charge in [0.25, 0.3) is 0 Å². The summed E-state index contributed by atoms with van der Waals surface area (Å²) in [5, 5.41) is 8.10. The van der Waals surface area contributed by atoms with Crippen LogP contribution in [0.15, 0.2) is 29.4 Å². The van der Waals surface area contributed by atoms with Crippen molar-refractivity contribution in [3.63, 3.8) is 0 Å².